The quantitative estimate of drug-likeness (QED) is 0.865. The van der Waals surface area contributed by atoms with E-state index in [0.717, 1.165) is 18.7 Å². The molecule has 2 N–H and O–H groups in total. The minimum absolute atomic E-state index is 0.0208. The fraction of sp³-hybridized carbons (Fsp3) is 0.533. The van der Waals surface area contributed by atoms with E-state index in [1.807, 2.05) is 6.07 Å². The Balaban J connectivity index is 2.37. The van der Waals surface area contributed by atoms with E-state index in [9.17, 15) is 9.90 Å². The summed E-state index contributed by atoms with van der Waals surface area (Å²) < 4.78 is 0. The standard InChI is InChI=1S/C15H22N2O2/c1-11-5-3-6-13(12(11)2)17-9-4-8-16-15(19)14(17)7-10-18/h3,5-6,14,18H,4,7-10H2,1-2H3,(H,16,19). The molecule has 1 amide bonds. The van der Waals surface area contributed by atoms with E-state index in [-0.39, 0.29) is 18.6 Å². The van der Waals surface area contributed by atoms with Crippen molar-refractivity contribution in [1.29, 1.82) is 0 Å². The van der Waals surface area contributed by atoms with Crippen LogP contribution < -0.4 is 10.2 Å². The van der Waals surface area contributed by atoms with Crippen molar-refractivity contribution >= 4 is 11.6 Å². The first-order valence-corrected chi connectivity index (χ1v) is 6.86. The molecule has 2 rings (SSSR count). The molecule has 1 aromatic carbocycles. The molecule has 0 aromatic heterocycles. The van der Waals surface area contributed by atoms with Crippen molar-refractivity contribution in [2.75, 3.05) is 24.6 Å². The molecule has 1 heterocycles. The van der Waals surface area contributed by atoms with Crippen LogP contribution in [0.3, 0.4) is 0 Å². The van der Waals surface area contributed by atoms with Gasteiger partial charge in [-0.3, -0.25) is 4.79 Å². The number of anilines is 1. The van der Waals surface area contributed by atoms with Crippen LogP contribution in [0.1, 0.15) is 24.0 Å². The summed E-state index contributed by atoms with van der Waals surface area (Å²) in [7, 11) is 0. The number of hydrogen-bond acceptors (Lipinski definition) is 3. The molecule has 1 fully saturated rings. The van der Waals surface area contributed by atoms with Gasteiger partial charge in [0.15, 0.2) is 0 Å². The highest BCUT2D eigenvalue weighted by atomic mass is 16.3. The van der Waals surface area contributed by atoms with Gasteiger partial charge in [0.05, 0.1) is 0 Å². The largest absolute Gasteiger partial charge is 0.396 e. The third-order valence-electron chi connectivity index (χ3n) is 3.84. The normalized spacial score (nSPS) is 20.1. The van der Waals surface area contributed by atoms with Crippen molar-refractivity contribution in [3.05, 3.63) is 29.3 Å². The molecule has 104 valence electrons. The molecule has 1 saturated heterocycles. The number of nitrogens with zero attached hydrogens (tertiary/aromatic N) is 1. The fourth-order valence-electron chi connectivity index (χ4n) is 2.62. The van der Waals surface area contributed by atoms with Crippen LogP contribution in [0.4, 0.5) is 5.69 Å². The Bertz CT molecular complexity index is 459. The summed E-state index contributed by atoms with van der Waals surface area (Å²) >= 11 is 0. The maximum atomic E-state index is 12.1. The molecule has 0 bridgehead atoms. The number of aliphatic hydroxyl groups is 1. The van der Waals surface area contributed by atoms with Gasteiger partial charge in [-0.05, 0) is 43.9 Å². The summed E-state index contributed by atoms with van der Waals surface area (Å²) in [4.78, 5) is 14.3. The zero-order chi connectivity index (χ0) is 13.8. The number of benzene rings is 1. The van der Waals surface area contributed by atoms with Gasteiger partial charge >= 0.3 is 0 Å². The number of carbonyl (C=O) groups is 1. The molecule has 0 saturated carbocycles. The van der Waals surface area contributed by atoms with Gasteiger partial charge < -0.3 is 15.3 Å². The number of carbonyl (C=O) groups excluding carboxylic acids is 1. The summed E-state index contributed by atoms with van der Waals surface area (Å²) in [6.45, 7) is 5.75. The third kappa shape index (κ3) is 2.89. The van der Waals surface area contributed by atoms with Crippen LogP contribution in [-0.2, 0) is 4.79 Å². The van der Waals surface area contributed by atoms with Crippen molar-refractivity contribution in [3.8, 4) is 0 Å². The van der Waals surface area contributed by atoms with Crippen LogP contribution in [0.15, 0.2) is 18.2 Å². The second-order valence-electron chi connectivity index (χ2n) is 5.09. The van der Waals surface area contributed by atoms with E-state index in [1.54, 1.807) is 0 Å². The van der Waals surface area contributed by atoms with Crippen molar-refractivity contribution in [2.24, 2.45) is 0 Å². The van der Waals surface area contributed by atoms with Gasteiger partial charge in [0.1, 0.15) is 6.04 Å². The number of aliphatic hydroxyl groups excluding tert-OH is 1. The summed E-state index contributed by atoms with van der Waals surface area (Å²) in [6, 6.07) is 5.90. The lowest BCUT2D eigenvalue weighted by Crippen LogP contribution is -2.45. The van der Waals surface area contributed by atoms with Crippen LogP contribution in [-0.4, -0.2) is 36.8 Å². The molecule has 1 unspecified atom stereocenters. The third-order valence-corrected chi connectivity index (χ3v) is 3.84. The van der Waals surface area contributed by atoms with Crippen LogP contribution in [0, 0.1) is 13.8 Å². The summed E-state index contributed by atoms with van der Waals surface area (Å²) in [5.74, 6) is 0.0208. The van der Waals surface area contributed by atoms with E-state index in [2.05, 4.69) is 36.2 Å². The van der Waals surface area contributed by atoms with Crippen LogP contribution >= 0.6 is 0 Å². The van der Waals surface area contributed by atoms with Gasteiger partial charge in [0, 0.05) is 25.4 Å². The van der Waals surface area contributed by atoms with E-state index < -0.39 is 0 Å². The Morgan fingerprint density at radius 2 is 2.21 bits per heavy atom. The first-order valence-electron chi connectivity index (χ1n) is 6.86. The Labute approximate surface area is 114 Å². The highest BCUT2D eigenvalue weighted by Crippen LogP contribution is 2.26. The summed E-state index contributed by atoms with van der Waals surface area (Å²) in [5.41, 5.74) is 3.54. The zero-order valence-electron chi connectivity index (χ0n) is 11.6. The van der Waals surface area contributed by atoms with Crippen molar-refractivity contribution in [1.82, 2.24) is 5.32 Å². The first-order chi connectivity index (χ1) is 9.15. The lowest BCUT2D eigenvalue weighted by atomic mass is 10.0. The second kappa shape index (κ2) is 6.06. The molecule has 1 aromatic rings. The minimum atomic E-state index is -0.270. The van der Waals surface area contributed by atoms with Crippen molar-refractivity contribution in [2.45, 2.75) is 32.7 Å². The molecule has 19 heavy (non-hydrogen) atoms. The monoisotopic (exact) mass is 262 g/mol. The number of nitrogens with one attached hydrogen (secondary N) is 1. The zero-order valence-corrected chi connectivity index (χ0v) is 11.6. The van der Waals surface area contributed by atoms with E-state index in [0.29, 0.717) is 13.0 Å². The summed E-state index contributed by atoms with van der Waals surface area (Å²) in [5, 5.41) is 12.1. The van der Waals surface area contributed by atoms with Crippen molar-refractivity contribution in [3.63, 3.8) is 0 Å². The average Bonchev–Trinajstić information content (AvgIpc) is 2.57. The highest BCUT2D eigenvalue weighted by Gasteiger charge is 2.28. The Kier molecular flexibility index (Phi) is 4.43. The lowest BCUT2D eigenvalue weighted by molar-refractivity contribution is -0.122. The fourth-order valence-corrected chi connectivity index (χ4v) is 2.62. The SMILES string of the molecule is Cc1cccc(N2CCCNC(=O)C2CCO)c1C. The molecular formula is C15H22N2O2. The van der Waals surface area contributed by atoms with E-state index in [1.165, 1.54) is 11.1 Å². The van der Waals surface area contributed by atoms with Crippen molar-refractivity contribution < 1.29 is 9.90 Å². The molecule has 4 nitrogen and oxygen atoms in total. The Morgan fingerprint density at radius 3 is 2.95 bits per heavy atom. The maximum absolute atomic E-state index is 12.1. The topological polar surface area (TPSA) is 52.6 Å². The number of hydrogen-bond donors (Lipinski definition) is 2. The second-order valence-corrected chi connectivity index (χ2v) is 5.09. The number of amides is 1. The molecule has 0 radical (unpaired) electrons. The van der Waals surface area contributed by atoms with E-state index in [4.69, 9.17) is 0 Å². The molecule has 0 aliphatic carbocycles. The smallest absolute Gasteiger partial charge is 0.242 e. The molecule has 1 atom stereocenters. The lowest BCUT2D eigenvalue weighted by Gasteiger charge is -2.31. The number of rotatable bonds is 3. The van der Waals surface area contributed by atoms with Gasteiger partial charge in [0.2, 0.25) is 5.91 Å². The molecule has 1 aliphatic rings. The maximum Gasteiger partial charge on any atom is 0.242 e. The van der Waals surface area contributed by atoms with Gasteiger partial charge in [-0.25, -0.2) is 0 Å². The van der Waals surface area contributed by atoms with Gasteiger partial charge in [-0.2, -0.15) is 0 Å². The highest BCUT2D eigenvalue weighted by molar-refractivity contribution is 5.86. The van der Waals surface area contributed by atoms with Crippen LogP contribution in [0.5, 0.6) is 0 Å². The van der Waals surface area contributed by atoms with Gasteiger partial charge in [-0.1, -0.05) is 12.1 Å². The Morgan fingerprint density at radius 1 is 1.42 bits per heavy atom. The summed E-state index contributed by atoms with van der Waals surface area (Å²) in [6.07, 6.45) is 1.40. The molecule has 0 spiro atoms. The van der Waals surface area contributed by atoms with Gasteiger partial charge in [-0.15, -0.1) is 0 Å². The predicted octanol–water partition coefficient (Wildman–Crippen LogP) is 1.38. The average molecular weight is 262 g/mol. The van der Waals surface area contributed by atoms with Gasteiger partial charge in [0.25, 0.3) is 0 Å². The molecule has 1 aliphatic heterocycles. The molecule has 4 heteroatoms. The van der Waals surface area contributed by atoms with E-state index >= 15 is 0 Å². The molecular weight excluding hydrogens is 240 g/mol. The van der Waals surface area contributed by atoms with Crippen LogP contribution in [0.25, 0.3) is 0 Å². The number of aryl methyl sites for hydroxylation is 1. The first kappa shape index (κ1) is 13.9. The predicted molar refractivity (Wildman–Crippen MR) is 76.4 cm³/mol. The Hall–Kier alpha value is -1.55. The van der Waals surface area contributed by atoms with Crippen LogP contribution in [0.2, 0.25) is 0 Å². The minimum Gasteiger partial charge on any atom is -0.396 e.